The lowest BCUT2D eigenvalue weighted by atomic mass is 9.97. The van der Waals surface area contributed by atoms with E-state index in [1.807, 2.05) is 12.1 Å². The van der Waals surface area contributed by atoms with Crippen LogP contribution in [0.2, 0.25) is 0 Å². The van der Waals surface area contributed by atoms with Crippen molar-refractivity contribution >= 4 is 17.5 Å². The third-order valence-electron chi connectivity index (χ3n) is 3.74. The van der Waals surface area contributed by atoms with Crippen molar-refractivity contribution in [3.8, 4) is 0 Å². The van der Waals surface area contributed by atoms with Gasteiger partial charge in [0.15, 0.2) is 0 Å². The highest BCUT2D eigenvalue weighted by Crippen LogP contribution is 2.27. The molecule has 2 aliphatic rings. The molecule has 0 radical (unpaired) electrons. The number of amides is 2. The second-order valence-corrected chi connectivity index (χ2v) is 4.95. The highest BCUT2D eigenvalue weighted by atomic mass is 16.2. The van der Waals surface area contributed by atoms with E-state index in [2.05, 4.69) is 22.3 Å². The van der Waals surface area contributed by atoms with Gasteiger partial charge in [0.2, 0.25) is 11.8 Å². The average molecular weight is 244 g/mol. The Balaban J connectivity index is 1.78. The van der Waals surface area contributed by atoms with E-state index in [0.29, 0.717) is 0 Å². The molecule has 0 saturated carbocycles. The molecule has 2 saturated heterocycles. The number of benzene rings is 1. The van der Waals surface area contributed by atoms with Gasteiger partial charge in [0.1, 0.15) is 0 Å². The second-order valence-electron chi connectivity index (χ2n) is 4.95. The summed E-state index contributed by atoms with van der Waals surface area (Å²) in [5, 5.41) is 2.35. The lowest BCUT2D eigenvalue weighted by Gasteiger charge is -2.18. The normalized spacial score (nSPS) is 23.6. The SMILES string of the molecule is O=C1CC(c2ccc(N3CCCC3)cc2)C(=O)N1. The maximum Gasteiger partial charge on any atom is 0.234 e. The van der Waals surface area contributed by atoms with Gasteiger partial charge < -0.3 is 4.90 Å². The summed E-state index contributed by atoms with van der Waals surface area (Å²) in [6.07, 6.45) is 2.78. The van der Waals surface area contributed by atoms with Crippen molar-refractivity contribution in [2.24, 2.45) is 0 Å². The number of nitrogens with zero attached hydrogens (tertiary/aromatic N) is 1. The molecule has 1 aromatic carbocycles. The van der Waals surface area contributed by atoms with Gasteiger partial charge in [-0.15, -0.1) is 0 Å². The first-order chi connectivity index (χ1) is 8.74. The van der Waals surface area contributed by atoms with Crippen molar-refractivity contribution < 1.29 is 9.59 Å². The van der Waals surface area contributed by atoms with Crippen LogP contribution in [0.3, 0.4) is 0 Å². The van der Waals surface area contributed by atoms with Crippen LogP contribution >= 0.6 is 0 Å². The summed E-state index contributed by atoms with van der Waals surface area (Å²) in [6.45, 7) is 2.23. The number of rotatable bonds is 2. The van der Waals surface area contributed by atoms with Crippen molar-refractivity contribution in [3.05, 3.63) is 29.8 Å². The topological polar surface area (TPSA) is 49.4 Å². The van der Waals surface area contributed by atoms with Gasteiger partial charge in [0.05, 0.1) is 5.92 Å². The zero-order chi connectivity index (χ0) is 12.5. The zero-order valence-electron chi connectivity index (χ0n) is 10.2. The molecule has 0 spiro atoms. The van der Waals surface area contributed by atoms with Crippen LogP contribution in [-0.4, -0.2) is 24.9 Å². The number of hydrogen-bond acceptors (Lipinski definition) is 3. The van der Waals surface area contributed by atoms with Gasteiger partial charge in [0.25, 0.3) is 0 Å². The van der Waals surface area contributed by atoms with Crippen LogP contribution in [0, 0.1) is 0 Å². The number of hydrogen-bond donors (Lipinski definition) is 1. The van der Waals surface area contributed by atoms with E-state index in [9.17, 15) is 9.59 Å². The Hall–Kier alpha value is -1.84. The number of anilines is 1. The summed E-state index contributed by atoms with van der Waals surface area (Å²) in [4.78, 5) is 25.1. The van der Waals surface area contributed by atoms with E-state index in [-0.39, 0.29) is 24.2 Å². The molecule has 18 heavy (non-hydrogen) atoms. The Bertz CT molecular complexity index is 475. The first-order valence-electron chi connectivity index (χ1n) is 6.42. The highest BCUT2D eigenvalue weighted by molar-refractivity contribution is 6.06. The van der Waals surface area contributed by atoms with Crippen molar-refractivity contribution in [2.45, 2.75) is 25.2 Å². The minimum absolute atomic E-state index is 0.172. The van der Waals surface area contributed by atoms with Gasteiger partial charge in [-0.1, -0.05) is 12.1 Å². The Kier molecular flexibility index (Phi) is 2.78. The molecule has 1 aromatic rings. The molecule has 0 aliphatic carbocycles. The predicted octanol–water partition coefficient (Wildman–Crippen LogP) is 1.42. The molecule has 0 aromatic heterocycles. The Morgan fingerprint density at radius 1 is 1.06 bits per heavy atom. The van der Waals surface area contributed by atoms with Crippen LogP contribution in [0.15, 0.2) is 24.3 Å². The van der Waals surface area contributed by atoms with E-state index in [0.717, 1.165) is 18.7 Å². The largest absolute Gasteiger partial charge is 0.372 e. The summed E-state index contributed by atoms with van der Waals surface area (Å²) in [5.41, 5.74) is 2.14. The molecule has 2 fully saturated rings. The summed E-state index contributed by atoms with van der Waals surface area (Å²) < 4.78 is 0. The third-order valence-corrected chi connectivity index (χ3v) is 3.74. The Morgan fingerprint density at radius 3 is 2.28 bits per heavy atom. The zero-order valence-corrected chi connectivity index (χ0v) is 10.2. The van der Waals surface area contributed by atoms with Crippen molar-refractivity contribution in [1.82, 2.24) is 5.32 Å². The molecule has 1 unspecified atom stereocenters. The molecular weight excluding hydrogens is 228 g/mol. The van der Waals surface area contributed by atoms with Crippen molar-refractivity contribution in [1.29, 1.82) is 0 Å². The maximum atomic E-state index is 11.6. The number of nitrogens with one attached hydrogen (secondary N) is 1. The predicted molar refractivity (Wildman–Crippen MR) is 68.4 cm³/mol. The highest BCUT2D eigenvalue weighted by Gasteiger charge is 2.31. The molecular formula is C14H16N2O2. The maximum absolute atomic E-state index is 11.6. The Morgan fingerprint density at radius 2 is 1.72 bits per heavy atom. The van der Waals surface area contributed by atoms with E-state index < -0.39 is 0 Å². The summed E-state index contributed by atoms with van der Waals surface area (Å²) in [7, 11) is 0. The van der Waals surface area contributed by atoms with Gasteiger partial charge >= 0.3 is 0 Å². The van der Waals surface area contributed by atoms with Gasteiger partial charge in [0, 0.05) is 25.2 Å². The van der Waals surface area contributed by atoms with Gasteiger partial charge in [-0.05, 0) is 30.5 Å². The molecule has 1 atom stereocenters. The first kappa shape index (κ1) is 11.3. The number of carbonyl (C=O) groups is 2. The Labute approximate surface area is 106 Å². The summed E-state index contributed by atoms with van der Waals surface area (Å²) in [6, 6.07) is 8.04. The fourth-order valence-electron chi connectivity index (χ4n) is 2.72. The molecule has 3 rings (SSSR count). The van der Waals surface area contributed by atoms with Crippen LogP contribution in [0.4, 0.5) is 5.69 Å². The molecule has 1 N–H and O–H groups in total. The number of carbonyl (C=O) groups excluding carboxylic acids is 2. The van der Waals surface area contributed by atoms with E-state index in [1.54, 1.807) is 0 Å². The fourth-order valence-corrected chi connectivity index (χ4v) is 2.72. The van der Waals surface area contributed by atoms with Crippen molar-refractivity contribution in [2.75, 3.05) is 18.0 Å². The average Bonchev–Trinajstić information content (AvgIpc) is 2.99. The fraction of sp³-hybridized carbons (Fsp3) is 0.429. The van der Waals surface area contributed by atoms with Crippen LogP contribution in [-0.2, 0) is 9.59 Å². The minimum Gasteiger partial charge on any atom is -0.372 e. The minimum atomic E-state index is -0.301. The summed E-state index contributed by atoms with van der Waals surface area (Å²) >= 11 is 0. The van der Waals surface area contributed by atoms with E-state index in [1.165, 1.54) is 18.5 Å². The monoisotopic (exact) mass is 244 g/mol. The van der Waals surface area contributed by atoms with Gasteiger partial charge in [-0.3, -0.25) is 14.9 Å². The third kappa shape index (κ3) is 1.98. The van der Waals surface area contributed by atoms with E-state index >= 15 is 0 Å². The van der Waals surface area contributed by atoms with Gasteiger partial charge in [-0.2, -0.15) is 0 Å². The molecule has 0 bridgehead atoms. The van der Waals surface area contributed by atoms with Crippen molar-refractivity contribution in [3.63, 3.8) is 0 Å². The van der Waals surface area contributed by atoms with Crippen LogP contribution in [0.5, 0.6) is 0 Å². The number of imide groups is 1. The lowest BCUT2D eigenvalue weighted by molar-refractivity contribution is -0.125. The second kappa shape index (κ2) is 4.44. The smallest absolute Gasteiger partial charge is 0.234 e. The molecule has 4 nitrogen and oxygen atoms in total. The molecule has 94 valence electrons. The van der Waals surface area contributed by atoms with Crippen LogP contribution < -0.4 is 10.2 Å². The van der Waals surface area contributed by atoms with Crippen LogP contribution in [0.1, 0.15) is 30.7 Å². The first-order valence-corrected chi connectivity index (χ1v) is 6.42. The molecule has 2 amide bonds. The van der Waals surface area contributed by atoms with Gasteiger partial charge in [-0.25, -0.2) is 0 Å². The van der Waals surface area contributed by atoms with E-state index in [4.69, 9.17) is 0 Å². The van der Waals surface area contributed by atoms with Crippen LogP contribution in [0.25, 0.3) is 0 Å². The standard InChI is InChI=1S/C14H16N2O2/c17-13-9-12(14(18)15-13)10-3-5-11(6-4-10)16-7-1-2-8-16/h3-6,12H,1-2,7-9H2,(H,15,17,18). The molecule has 4 heteroatoms. The molecule has 2 heterocycles. The lowest BCUT2D eigenvalue weighted by Crippen LogP contribution is -2.21. The summed E-state index contributed by atoms with van der Waals surface area (Å²) in [5.74, 6) is -0.646. The molecule has 2 aliphatic heterocycles. The quantitative estimate of drug-likeness (QED) is 0.800.